The largest absolute Gasteiger partial charge is 0.336 e. The zero-order valence-corrected chi connectivity index (χ0v) is 15.1. The Morgan fingerprint density at radius 1 is 1.52 bits per heavy atom. The molecule has 1 atom stereocenters. The van der Waals surface area contributed by atoms with E-state index in [0.717, 1.165) is 35.8 Å². The molecule has 8 heteroatoms. The molecule has 1 aromatic heterocycles. The van der Waals surface area contributed by atoms with E-state index in [1.165, 1.54) is 11.3 Å². The van der Waals surface area contributed by atoms with Crippen molar-refractivity contribution in [3.8, 4) is 0 Å². The molecule has 0 saturated carbocycles. The van der Waals surface area contributed by atoms with Gasteiger partial charge in [0.05, 0.1) is 15.6 Å². The van der Waals surface area contributed by atoms with E-state index in [2.05, 4.69) is 20.7 Å². The Kier molecular flexibility index (Phi) is 5.81. The number of amides is 1. The molecule has 0 radical (unpaired) electrons. The van der Waals surface area contributed by atoms with E-state index >= 15 is 0 Å². The van der Waals surface area contributed by atoms with Gasteiger partial charge in [0.2, 0.25) is 10.0 Å². The predicted octanol–water partition coefficient (Wildman–Crippen LogP) is 2.44. The lowest BCUT2D eigenvalue weighted by Crippen LogP contribution is -2.45. The summed E-state index contributed by atoms with van der Waals surface area (Å²) in [5.41, 5.74) is 0.704. The van der Waals surface area contributed by atoms with Crippen LogP contribution in [0.3, 0.4) is 0 Å². The summed E-state index contributed by atoms with van der Waals surface area (Å²) in [6.07, 6.45) is 4.83. The Bertz CT molecular complexity index is 600. The summed E-state index contributed by atoms with van der Waals surface area (Å²) in [6, 6.07) is 1.95. The van der Waals surface area contributed by atoms with Crippen LogP contribution in [-0.2, 0) is 10.0 Å². The van der Waals surface area contributed by atoms with Crippen molar-refractivity contribution < 1.29 is 13.2 Å². The molecule has 1 N–H and O–H groups in total. The van der Waals surface area contributed by atoms with E-state index < -0.39 is 10.0 Å². The lowest BCUT2D eigenvalue weighted by Gasteiger charge is -2.35. The van der Waals surface area contributed by atoms with Crippen LogP contribution in [-0.4, -0.2) is 44.6 Å². The Labute approximate surface area is 137 Å². The Morgan fingerprint density at radius 2 is 2.29 bits per heavy atom. The van der Waals surface area contributed by atoms with Crippen molar-refractivity contribution >= 4 is 43.2 Å². The van der Waals surface area contributed by atoms with E-state index in [9.17, 15) is 13.2 Å². The van der Waals surface area contributed by atoms with Crippen molar-refractivity contribution in [3.05, 3.63) is 20.8 Å². The van der Waals surface area contributed by atoms with Gasteiger partial charge in [-0.15, -0.1) is 11.3 Å². The van der Waals surface area contributed by atoms with Gasteiger partial charge in [0.1, 0.15) is 0 Å². The first-order valence-electron chi connectivity index (χ1n) is 6.86. The van der Waals surface area contributed by atoms with E-state index in [1.807, 2.05) is 16.3 Å². The topological polar surface area (TPSA) is 66.5 Å². The van der Waals surface area contributed by atoms with Gasteiger partial charge in [0, 0.05) is 24.5 Å². The maximum absolute atomic E-state index is 12.6. The van der Waals surface area contributed by atoms with Gasteiger partial charge in [-0.05, 0) is 47.7 Å². The zero-order chi connectivity index (χ0) is 15.5. The number of nitrogens with one attached hydrogen (secondary N) is 1. The minimum Gasteiger partial charge on any atom is -0.336 e. The summed E-state index contributed by atoms with van der Waals surface area (Å²) >= 11 is 4.87. The molecule has 2 rings (SSSR count). The monoisotopic (exact) mass is 394 g/mol. The minimum absolute atomic E-state index is 0.0426. The van der Waals surface area contributed by atoms with Gasteiger partial charge in [-0.1, -0.05) is 0 Å². The molecule has 0 spiro atoms. The van der Waals surface area contributed by atoms with Crippen LogP contribution in [0.15, 0.2) is 15.2 Å². The third kappa shape index (κ3) is 5.05. The van der Waals surface area contributed by atoms with Crippen LogP contribution < -0.4 is 4.72 Å². The van der Waals surface area contributed by atoms with Crippen LogP contribution in [0.2, 0.25) is 0 Å². The number of piperidine rings is 1. The van der Waals surface area contributed by atoms with Gasteiger partial charge in [-0.2, -0.15) is 0 Å². The summed E-state index contributed by atoms with van der Waals surface area (Å²) in [5.74, 6) is 0.0426. The molecule has 0 aliphatic carbocycles. The van der Waals surface area contributed by atoms with Crippen molar-refractivity contribution in [2.75, 3.05) is 19.3 Å². The van der Waals surface area contributed by atoms with Crippen LogP contribution in [0.25, 0.3) is 0 Å². The summed E-state index contributed by atoms with van der Waals surface area (Å²) in [6.45, 7) is 1.12. The first kappa shape index (κ1) is 16.9. The van der Waals surface area contributed by atoms with Crippen molar-refractivity contribution in [2.24, 2.45) is 0 Å². The number of thiophene rings is 1. The molecule has 118 valence electrons. The maximum Gasteiger partial charge on any atom is 0.254 e. The third-order valence-corrected chi connectivity index (χ3v) is 5.78. The van der Waals surface area contributed by atoms with Gasteiger partial charge in [-0.25, -0.2) is 13.1 Å². The van der Waals surface area contributed by atoms with Crippen LogP contribution in [0.1, 0.15) is 36.0 Å². The van der Waals surface area contributed by atoms with E-state index in [-0.39, 0.29) is 11.9 Å². The number of carbonyl (C=O) groups excluding carboxylic acids is 1. The molecule has 1 amide bonds. The second-order valence-electron chi connectivity index (χ2n) is 5.24. The second-order valence-corrected chi connectivity index (χ2v) is 9.37. The zero-order valence-electron chi connectivity index (χ0n) is 11.8. The first-order valence-corrected chi connectivity index (χ1v) is 10.4. The molecule has 21 heavy (non-hydrogen) atoms. The fraction of sp³-hybridized carbons (Fsp3) is 0.615. The molecule has 1 aliphatic heterocycles. The number of likely N-dealkylation sites (tertiary alicyclic amines) is 1. The van der Waals surface area contributed by atoms with Crippen molar-refractivity contribution in [2.45, 2.75) is 31.7 Å². The predicted molar refractivity (Wildman–Crippen MR) is 88.2 cm³/mol. The van der Waals surface area contributed by atoms with Crippen LogP contribution in [0, 0.1) is 0 Å². The molecule has 5 nitrogen and oxygen atoms in total. The molecule has 1 saturated heterocycles. The van der Waals surface area contributed by atoms with Gasteiger partial charge >= 0.3 is 0 Å². The quantitative estimate of drug-likeness (QED) is 0.833. The highest BCUT2D eigenvalue weighted by atomic mass is 79.9. The number of nitrogens with zero attached hydrogens (tertiary/aromatic N) is 1. The van der Waals surface area contributed by atoms with Crippen LogP contribution >= 0.6 is 27.3 Å². The molecule has 2 heterocycles. The standard InChI is InChI=1S/C13H19BrN2O3S2/c1-21(18,19)15-6-5-11-4-2-3-7-16(11)13(17)10-8-12(14)20-9-10/h8-9,11,15H,2-7H2,1H3. The number of rotatable bonds is 5. The normalized spacial score (nSPS) is 19.7. The van der Waals surface area contributed by atoms with Crippen molar-refractivity contribution in [3.63, 3.8) is 0 Å². The number of halogens is 1. The first-order chi connectivity index (χ1) is 9.87. The maximum atomic E-state index is 12.6. The van der Waals surface area contributed by atoms with Gasteiger partial charge in [-0.3, -0.25) is 4.79 Å². The molecule has 0 bridgehead atoms. The number of carbonyl (C=O) groups is 1. The summed E-state index contributed by atoms with van der Waals surface area (Å²) < 4.78 is 25.7. The fourth-order valence-corrected chi connectivity index (χ4v) is 4.19. The highest BCUT2D eigenvalue weighted by molar-refractivity contribution is 9.11. The van der Waals surface area contributed by atoms with Crippen molar-refractivity contribution in [1.82, 2.24) is 9.62 Å². The molecular formula is C13H19BrN2O3S2. The smallest absolute Gasteiger partial charge is 0.254 e. The van der Waals surface area contributed by atoms with E-state index in [1.54, 1.807) is 0 Å². The number of hydrogen-bond donors (Lipinski definition) is 1. The molecular weight excluding hydrogens is 376 g/mol. The lowest BCUT2D eigenvalue weighted by atomic mass is 9.98. The Morgan fingerprint density at radius 3 is 2.90 bits per heavy atom. The summed E-state index contributed by atoms with van der Waals surface area (Å²) in [5, 5.41) is 1.85. The molecule has 0 aromatic carbocycles. The Balaban J connectivity index is 1.99. The highest BCUT2D eigenvalue weighted by Crippen LogP contribution is 2.26. The molecule has 1 unspecified atom stereocenters. The average molecular weight is 395 g/mol. The molecule has 1 aliphatic rings. The molecule has 1 aromatic rings. The van der Waals surface area contributed by atoms with Gasteiger partial charge in [0.15, 0.2) is 0 Å². The fourth-order valence-electron chi connectivity index (χ4n) is 2.57. The minimum atomic E-state index is -3.17. The summed E-state index contributed by atoms with van der Waals surface area (Å²) in [4.78, 5) is 14.4. The van der Waals surface area contributed by atoms with Crippen LogP contribution in [0.4, 0.5) is 0 Å². The van der Waals surface area contributed by atoms with Gasteiger partial charge in [0.25, 0.3) is 5.91 Å². The Hall–Kier alpha value is -0.440. The van der Waals surface area contributed by atoms with Gasteiger partial charge < -0.3 is 4.90 Å². The van der Waals surface area contributed by atoms with E-state index in [0.29, 0.717) is 18.5 Å². The third-order valence-electron chi connectivity index (χ3n) is 3.54. The molecule has 1 fully saturated rings. The number of sulfonamides is 1. The SMILES string of the molecule is CS(=O)(=O)NCCC1CCCCN1C(=O)c1csc(Br)c1. The lowest BCUT2D eigenvalue weighted by molar-refractivity contribution is 0.0604. The average Bonchev–Trinajstić information content (AvgIpc) is 2.84. The van der Waals surface area contributed by atoms with E-state index in [4.69, 9.17) is 0 Å². The van der Waals surface area contributed by atoms with Crippen LogP contribution in [0.5, 0.6) is 0 Å². The highest BCUT2D eigenvalue weighted by Gasteiger charge is 2.27. The summed E-state index contributed by atoms with van der Waals surface area (Å²) in [7, 11) is -3.17. The number of hydrogen-bond acceptors (Lipinski definition) is 4. The second kappa shape index (κ2) is 7.21. The van der Waals surface area contributed by atoms with Crippen molar-refractivity contribution in [1.29, 1.82) is 0 Å².